The fourth-order valence-electron chi connectivity index (χ4n) is 3.22. The fraction of sp³-hybridized carbons (Fsp3) is 0.474. The van der Waals surface area contributed by atoms with Crippen LogP contribution in [0, 0.1) is 5.92 Å². The predicted octanol–water partition coefficient (Wildman–Crippen LogP) is 1.92. The summed E-state index contributed by atoms with van der Waals surface area (Å²) in [6.07, 6.45) is -2.12. The molecule has 1 aromatic carbocycles. The molecule has 144 valence electrons. The highest BCUT2D eigenvalue weighted by Gasteiger charge is 2.72. The maximum absolute atomic E-state index is 12.7. The highest BCUT2D eigenvalue weighted by Crippen LogP contribution is 2.44. The average molecular weight is 375 g/mol. The average Bonchev–Trinajstić information content (AvgIpc) is 2.83. The number of amides is 2. The first-order valence-electron chi connectivity index (χ1n) is 8.58. The standard InChI is InChI=1S/C19H21NO7/c1-11-13(26-15(22)12-8-6-5-7-9-12)19(10-25-16(19)23)20(14(11)21)17(24)27-18(2,3)4/h5-9,11,13H,10H2,1-4H3/t11-,13+,19+/m0/s1. The van der Waals surface area contributed by atoms with Crippen molar-refractivity contribution in [2.45, 2.75) is 44.9 Å². The van der Waals surface area contributed by atoms with E-state index in [1.165, 1.54) is 6.92 Å². The molecule has 0 saturated carbocycles. The van der Waals surface area contributed by atoms with Crippen molar-refractivity contribution in [3.05, 3.63) is 35.9 Å². The molecule has 2 aliphatic heterocycles. The summed E-state index contributed by atoms with van der Waals surface area (Å²) in [5, 5.41) is 0. The van der Waals surface area contributed by atoms with Crippen molar-refractivity contribution in [2.24, 2.45) is 5.92 Å². The van der Waals surface area contributed by atoms with E-state index in [0.717, 1.165) is 4.90 Å². The zero-order chi connectivity index (χ0) is 20.0. The largest absolute Gasteiger partial charge is 0.460 e. The fourth-order valence-corrected chi connectivity index (χ4v) is 3.22. The first-order chi connectivity index (χ1) is 12.6. The smallest absolute Gasteiger partial charge is 0.418 e. The van der Waals surface area contributed by atoms with E-state index in [1.54, 1.807) is 51.1 Å². The van der Waals surface area contributed by atoms with Gasteiger partial charge in [-0.15, -0.1) is 0 Å². The van der Waals surface area contributed by atoms with Gasteiger partial charge in [-0.2, -0.15) is 0 Å². The third-order valence-electron chi connectivity index (χ3n) is 4.53. The van der Waals surface area contributed by atoms with Crippen molar-refractivity contribution in [2.75, 3.05) is 6.61 Å². The summed E-state index contributed by atoms with van der Waals surface area (Å²) in [6.45, 7) is 6.20. The summed E-state index contributed by atoms with van der Waals surface area (Å²) in [6, 6.07) is 8.19. The molecule has 0 aromatic heterocycles. The Bertz CT molecular complexity index is 798. The Hall–Kier alpha value is -2.90. The molecule has 27 heavy (non-hydrogen) atoms. The predicted molar refractivity (Wildman–Crippen MR) is 91.6 cm³/mol. The first-order valence-corrected chi connectivity index (χ1v) is 8.58. The monoisotopic (exact) mass is 375 g/mol. The number of hydrogen-bond acceptors (Lipinski definition) is 7. The molecule has 0 bridgehead atoms. The Morgan fingerprint density at radius 2 is 1.81 bits per heavy atom. The number of cyclic esters (lactones) is 1. The highest BCUT2D eigenvalue weighted by molar-refractivity contribution is 6.06. The van der Waals surface area contributed by atoms with E-state index in [4.69, 9.17) is 14.2 Å². The van der Waals surface area contributed by atoms with Crippen LogP contribution in [0.1, 0.15) is 38.1 Å². The Balaban J connectivity index is 1.92. The summed E-state index contributed by atoms with van der Waals surface area (Å²) in [7, 11) is 0. The number of ether oxygens (including phenoxy) is 3. The summed E-state index contributed by atoms with van der Waals surface area (Å²) < 4.78 is 15.6. The van der Waals surface area contributed by atoms with Gasteiger partial charge in [0.25, 0.3) is 0 Å². The molecule has 2 saturated heterocycles. The van der Waals surface area contributed by atoms with Crippen molar-refractivity contribution in [3.63, 3.8) is 0 Å². The Morgan fingerprint density at radius 3 is 2.30 bits per heavy atom. The van der Waals surface area contributed by atoms with Gasteiger partial charge in [0.15, 0.2) is 6.10 Å². The van der Waals surface area contributed by atoms with E-state index in [1.807, 2.05) is 0 Å². The van der Waals surface area contributed by atoms with Gasteiger partial charge in [-0.25, -0.2) is 19.3 Å². The third kappa shape index (κ3) is 3.05. The second kappa shape index (κ2) is 6.37. The number of carbonyl (C=O) groups excluding carboxylic acids is 4. The molecular weight excluding hydrogens is 354 g/mol. The number of carbonyl (C=O) groups is 4. The summed E-state index contributed by atoms with van der Waals surface area (Å²) >= 11 is 0. The molecule has 1 aromatic rings. The number of imide groups is 1. The van der Waals surface area contributed by atoms with Gasteiger partial charge in [0.2, 0.25) is 11.4 Å². The van der Waals surface area contributed by atoms with Crippen LogP contribution in [0.2, 0.25) is 0 Å². The van der Waals surface area contributed by atoms with Crippen LogP contribution in [-0.4, -0.2) is 52.7 Å². The third-order valence-corrected chi connectivity index (χ3v) is 4.53. The van der Waals surface area contributed by atoms with Crippen molar-refractivity contribution in [1.29, 1.82) is 0 Å². The Morgan fingerprint density at radius 1 is 1.19 bits per heavy atom. The van der Waals surface area contributed by atoms with Gasteiger partial charge in [0.1, 0.15) is 12.2 Å². The molecule has 0 aliphatic carbocycles. The molecule has 8 heteroatoms. The zero-order valence-corrected chi connectivity index (χ0v) is 15.6. The minimum absolute atomic E-state index is 0.242. The van der Waals surface area contributed by atoms with Crippen molar-refractivity contribution in [3.8, 4) is 0 Å². The number of benzene rings is 1. The maximum Gasteiger partial charge on any atom is 0.418 e. The van der Waals surface area contributed by atoms with Crippen LogP contribution < -0.4 is 0 Å². The lowest BCUT2D eigenvalue weighted by molar-refractivity contribution is -0.196. The molecule has 2 amide bonds. The molecule has 3 rings (SSSR count). The molecule has 2 fully saturated rings. The topological polar surface area (TPSA) is 99.2 Å². The molecule has 1 spiro atoms. The van der Waals surface area contributed by atoms with E-state index in [0.29, 0.717) is 0 Å². The summed E-state index contributed by atoms with van der Waals surface area (Å²) in [5.74, 6) is -3.04. The molecule has 0 unspecified atom stereocenters. The second-order valence-corrected chi connectivity index (χ2v) is 7.63. The van der Waals surface area contributed by atoms with Crippen LogP contribution in [0.5, 0.6) is 0 Å². The van der Waals surface area contributed by atoms with E-state index < -0.39 is 47.1 Å². The van der Waals surface area contributed by atoms with Gasteiger partial charge >= 0.3 is 18.0 Å². The zero-order valence-electron chi connectivity index (χ0n) is 15.6. The van der Waals surface area contributed by atoms with Crippen LogP contribution in [0.4, 0.5) is 4.79 Å². The van der Waals surface area contributed by atoms with E-state index in [-0.39, 0.29) is 12.2 Å². The molecule has 2 aliphatic rings. The van der Waals surface area contributed by atoms with Crippen LogP contribution >= 0.6 is 0 Å². The van der Waals surface area contributed by atoms with E-state index in [9.17, 15) is 19.2 Å². The summed E-state index contributed by atoms with van der Waals surface area (Å²) in [5.41, 5.74) is -2.28. The Labute approximate surface area is 156 Å². The number of rotatable bonds is 2. The van der Waals surface area contributed by atoms with Crippen LogP contribution in [-0.2, 0) is 23.8 Å². The van der Waals surface area contributed by atoms with Gasteiger partial charge in [-0.3, -0.25) is 4.79 Å². The highest BCUT2D eigenvalue weighted by atomic mass is 16.6. The van der Waals surface area contributed by atoms with Gasteiger partial charge in [-0.05, 0) is 39.8 Å². The number of esters is 2. The normalized spacial score (nSPS) is 27.2. The van der Waals surface area contributed by atoms with Gasteiger partial charge in [-0.1, -0.05) is 18.2 Å². The maximum atomic E-state index is 12.7. The van der Waals surface area contributed by atoms with Crippen LogP contribution in [0.25, 0.3) is 0 Å². The minimum Gasteiger partial charge on any atom is -0.460 e. The summed E-state index contributed by atoms with van der Waals surface area (Å²) in [4.78, 5) is 50.9. The van der Waals surface area contributed by atoms with E-state index in [2.05, 4.69) is 0 Å². The lowest BCUT2D eigenvalue weighted by Gasteiger charge is -2.43. The van der Waals surface area contributed by atoms with Crippen LogP contribution in [0.15, 0.2) is 30.3 Å². The lowest BCUT2D eigenvalue weighted by Crippen LogP contribution is -2.70. The van der Waals surface area contributed by atoms with Gasteiger partial charge < -0.3 is 14.2 Å². The number of nitrogens with zero attached hydrogens (tertiary/aromatic N) is 1. The van der Waals surface area contributed by atoms with Crippen molar-refractivity contribution < 1.29 is 33.4 Å². The molecule has 8 nitrogen and oxygen atoms in total. The first kappa shape index (κ1) is 18.9. The SMILES string of the molecule is C[C@@H]1C(=O)N(C(=O)OC(C)(C)C)[C@]2(COC2=O)[C@@H]1OC(=O)c1ccccc1. The Kier molecular flexibility index (Phi) is 4.45. The lowest BCUT2D eigenvalue weighted by atomic mass is 9.86. The van der Waals surface area contributed by atoms with Gasteiger partial charge in [0, 0.05) is 0 Å². The van der Waals surface area contributed by atoms with Crippen molar-refractivity contribution >= 4 is 23.9 Å². The number of hydrogen-bond donors (Lipinski definition) is 0. The second-order valence-electron chi connectivity index (χ2n) is 7.63. The van der Waals surface area contributed by atoms with Gasteiger partial charge in [0.05, 0.1) is 11.5 Å². The molecule has 0 N–H and O–H groups in total. The molecule has 2 heterocycles. The molecule has 3 atom stereocenters. The molecule has 0 radical (unpaired) electrons. The quantitative estimate of drug-likeness (QED) is 0.575. The number of likely N-dealkylation sites (tertiary alicyclic amines) is 1. The van der Waals surface area contributed by atoms with E-state index >= 15 is 0 Å². The molecular formula is C19H21NO7. The minimum atomic E-state index is -1.69. The van der Waals surface area contributed by atoms with Crippen molar-refractivity contribution in [1.82, 2.24) is 4.90 Å². The van der Waals surface area contributed by atoms with Crippen LogP contribution in [0.3, 0.4) is 0 Å².